The number of amides is 1. The molecule has 1 atom stereocenters. The Hall–Kier alpha value is -3.28. The molecule has 28 heavy (non-hydrogen) atoms. The van der Waals surface area contributed by atoms with Crippen molar-refractivity contribution in [2.45, 2.75) is 13.0 Å². The Kier molecular flexibility index (Phi) is 5.02. The van der Waals surface area contributed by atoms with Crippen molar-refractivity contribution in [3.05, 3.63) is 60.5 Å². The first-order valence-electron chi connectivity index (χ1n) is 9.43. The molecule has 0 saturated carbocycles. The number of carbonyl (C=O) groups is 1. The van der Waals surface area contributed by atoms with Crippen molar-refractivity contribution < 1.29 is 13.9 Å². The van der Waals surface area contributed by atoms with Crippen molar-refractivity contribution in [2.24, 2.45) is 0 Å². The Labute approximate surface area is 164 Å². The average molecular weight is 377 g/mol. The number of nitrogens with zero attached hydrogens (tertiary/aromatic N) is 3. The second kappa shape index (κ2) is 7.76. The highest BCUT2D eigenvalue weighted by molar-refractivity contribution is 5.91. The zero-order chi connectivity index (χ0) is 19.5. The fourth-order valence-corrected chi connectivity index (χ4v) is 3.40. The third kappa shape index (κ3) is 3.71. The number of aromatic nitrogens is 1. The number of carbonyl (C=O) groups excluding carboxylic acids is 1. The largest absolute Gasteiger partial charge is 0.485 e. The topological polar surface area (TPSA) is 58.8 Å². The molecule has 2 aromatic carbocycles. The highest BCUT2D eigenvalue weighted by Gasteiger charge is 2.26. The Morgan fingerprint density at radius 2 is 2.04 bits per heavy atom. The monoisotopic (exact) mass is 377 g/mol. The van der Waals surface area contributed by atoms with Crippen LogP contribution in [0.5, 0.6) is 5.75 Å². The number of oxazole rings is 1. The van der Waals surface area contributed by atoms with E-state index >= 15 is 0 Å². The summed E-state index contributed by atoms with van der Waals surface area (Å²) in [5.74, 6) is 1.17. The van der Waals surface area contributed by atoms with Crippen LogP contribution in [0.4, 0.5) is 5.69 Å². The smallest absolute Gasteiger partial charge is 0.246 e. The number of anilines is 1. The van der Waals surface area contributed by atoms with Crippen LogP contribution in [0.2, 0.25) is 0 Å². The maximum Gasteiger partial charge on any atom is 0.246 e. The van der Waals surface area contributed by atoms with Gasteiger partial charge in [-0.25, -0.2) is 4.98 Å². The van der Waals surface area contributed by atoms with Crippen molar-refractivity contribution in [3.8, 4) is 5.75 Å². The molecule has 1 unspecified atom stereocenters. The first kappa shape index (κ1) is 18.1. The molecule has 1 amide bonds. The summed E-state index contributed by atoms with van der Waals surface area (Å²) in [5.41, 5.74) is 2.58. The molecule has 1 aromatic heterocycles. The summed E-state index contributed by atoms with van der Waals surface area (Å²) in [6, 6.07) is 15.5. The third-order valence-electron chi connectivity index (χ3n) is 4.84. The molecule has 2 heterocycles. The molecule has 0 N–H and O–H groups in total. The maximum absolute atomic E-state index is 12.5. The van der Waals surface area contributed by atoms with E-state index in [9.17, 15) is 4.79 Å². The average Bonchev–Trinajstić information content (AvgIpc) is 3.14. The lowest BCUT2D eigenvalue weighted by molar-refractivity contribution is -0.125. The molecule has 4 rings (SSSR count). The van der Waals surface area contributed by atoms with E-state index in [0.717, 1.165) is 30.0 Å². The zero-order valence-electron chi connectivity index (χ0n) is 16.0. The Bertz CT molecular complexity index is 978. The van der Waals surface area contributed by atoms with Gasteiger partial charge in [-0.15, -0.1) is 0 Å². The van der Waals surface area contributed by atoms with Crippen LogP contribution in [0.15, 0.2) is 59.0 Å². The predicted molar refractivity (Wildman–Crippen MR) is 109 cm³/mol. The van der Waals surface area contributed by atoms with Crippen molar-refractivity contribution in [3.63, 3.8) is 0 Å². The van der Waals surface area contributed by atoms with Crippen LogP contribution in [0.1, 0.15) is 12.8 Å². The molecule has 0 fully saturated rings. The van der Waals surface area contributed by atoms with E-state index in [1.165, 1.54) is 6.08 Å². The number of likely N-dealkylation sites (N-methyl/N-ethyl adjacent to an activating group) is 2. The predicted octanol–water partition coefficient (Wildman–Crippen LogP) is 3.59. The normalized spacial score (nSPS) is 16.2. The molecule has 0 radical (unpaired) electrons. The summed E-state index contributed by atoms with van der Waals surface area (Å²) in [6.45, 7) is 4.27. The summed E-state index contributed by atoms with van der Waals surface area (Å²) in [5, 5.41) is 0. The van der Waals surface area contributed by atoms with E-state index in [0.29, 0.717) is 18.0 Å². The number of benzene rings is 2. The molecule has 6 heteroatoms. The SMILES string of the molecule is CCN1CC(CN(C)C(=O)C=Cc2nc3ccccc3o2)Oc2ccccc21. The second-order valence-corrected chi connectivity index (χ2v) is 6.82. The number of ether oxygens (including phenoxy) is 1. The van der Waals surface area contributed by atoms with Gasteiger partial charge < -0.3 is 19.0 Å². The fourth-order valence-electron chi connectivity index (χ4n) is 3.40. The van der Waals surface area contributed by atoms with Crippen LogP contribution in [0.3, 0.4) is 0 Å². The van der Waals surface area contributed by atoms with Crippen molar-refractivity contribution in [2.75, 3.05) is 31.6 Å². The molecule has 1 aliphatic heterocycles. The van der Waals surface area contributed by atoms with E-state index in [1.54, 1.807) is 18.0 Å². The molecule has 1 aliphatic rings. The first-order chi connectivity index (χ1) is 13.6. The highest BCUT2D eigenvalue weighted by atomic mass is 16.5. The molecule has 0 saturated heterocycles. The van der Waals surface area contributed by atoms with Crippen LogP contribution in [-0.2, 0) is 4.79 Å². The van der Waals surface area contributed by atoms with Gasteiger partial charge in [-0.3, -0.25) is 4.79 Å². The maximum atomic E-state index is 12.5. The van der Waals surface area contributed by atoms with E-state index in [4.69, 9.17) is 9.15 Å². The molecule has 0 spiro atoms. The fraction of sp³-hybridized carbons (Fsp3) is 0.273. The van der Waals surface area contributed by atoms with Gasteiger partial charge in [-0.05, 0) is 31.2 Å². The van der Waals surface area contributed by atoms with Crippen LogP contribution in [-0.4, -0.2) is 48.6 Å². The van der Waals surface area contributed by atoms with Crippen LogP contribution >= 0.6 is 0 Å². The van der Waals surface area contributed by atoms with Gasteiger partial charge in [0.1, 0.15) is 17.4 Å². The van der Waals surface area contributed by atoms with Crippen molar-refractivity contribution in [1.82, 2.24) is 9.88 Å². The minimum absolute atomic E-state index is 0.0819. The van der Waals surface area contributed by atoms with Gasteiger partial charge >= 0.3 is 0 Å². The minimum atomic E-state index is -0.118. The second-order valence-electron chi connectivity index (χ2n) is 6.82. The van der Waals surface area contributed by atoms with Gasteiger partial charge in [0.15, 0.2) is 5.58 Å². The summed E-state index contributed by atoms with van der Waals surface area (Å²) in [7, 11) is 1.78. The lowest BCUT2D eigenvalue weighted by Crippen LogP contribution is -2.46. The lowest BCUT2D eigenvalue weighted by atomic mass is 10.2. The summed E-state index contributed by atoms with van der Waals surface area (Å²) >= 11 is 0. The number of para-hydroxylation sites is 4. The van der Waals surface area contributed by atoms with Gasteiger partial charge in [-0.1, -0.05) is 24.3 Å². The summed E-state index contributed by atoms with van der Waals surface area (Å²) in [4.78, 5) is 20.8. The van der Waals surface area contributed by atoms with Gasteiger partial charge in [-0.2, -0.15) is 0 Å². The van der Waals surface area contributed by atoms with Gasteiger partial charge in [0, 0.05) is 25.7 Å². The van der Waals surface area contributed by atoms with Crippen LogP contribution in [0, 0.1) is 0 Å². The molecular weight excluding hydrogens is 354 g/mol. The number of hydrogen-bond donors (Lipinski definition) is 0. The minimum Gasteiger partial charge on any atom is -0.485 e. The molecule has 0 bridgehead atoms. The standard InChI is InChI=1S/C22H23N3O3/c1-3-25-15-16(27-20-11-7-5-9-18(20)25)14-24(2)22(26)13-12-21-23-17-8-4-6-10-19(17)28-21/h4-13,16H,3,14-15H2,1-2H3. The number of fused-ring (bicyclic) bond motifs is 2. The van der Waals surface area contributed by atoms with Gasteiger partial charge in [0.05, 0.1) is 18.8 Å². The zero-order valence-corrected chi connectivity index (χ0v) is 16.0. The van der Waals surface area contributed by atoms with E-state index in [2.05, 4.69) is 22.9 Å². The first-order valence-corrected chi connectivity index (χ1v) is 9.43. The quantitative estimate of drug-likeness (QED) is 0.636. The molecule has 144 valence electrons. The van der Waals surface area contributed by atoms with E-state index < -0.39 is 0 Å². The Morgan fingerprint density at radius 3 is 2.86 bits per heavy atom. The lowest BCUT2D eigenvalue weighted by Gasteiger charge is -2.37. The molecular formula is C22H23N3O3. The summed E-state index contributed by atoms with van der Waals surface area (Å²) < 4.78 is 11.7. The summed E-state index contributed by atoms with van der Waals surface area (Å²) in [6.07, 6.45) is 3.01. The highest BCUT2D eigenvalue weighted by Crippen LogP contribution is 2.32. The van der Waals surface area contributed by atoms with E-state index in [-0.39, 0.29) is 12.0 Å². The molecule has 6 nitrogen and oxygen atoms in total. The van der Waals surface area contributed by atoms with Crippen molar-refractivity contribution in [1.29, 1.82) is 0 Å². The van der Waals surface area contributed by atoms with Crippen molar-refractivity contribution >= 4 is 28.8 Å². The Morgan fingerprint density at radius 1 is 1.25 bits per heavy atom. The van der Waals surface area contributed by atoms with Gasteiger partial charge in [0.2, 0.25) is 11.8 Å². The molecule has 3 aromatic rings. The number of rotatable bonds is 5. The van der Waals surface area contributed by atoms with E-state index in [1.807, 2.05) is 42.5 Å². The van der Waals surface area contributed by atoms with Crippen LogP contribution < -0.4 is 9.64 Å². The van der Waals surface area contributed by atoms with Gasteiger partial charge in [0.25, 0.3) is 0 Å². The third-order valence-corrected chi connectivity index (χ3v) is 4.84. The van der Waals surface area contributed by atoms with Crippen LogP contribution in [0.25, 0.3) is 17.2 Å². The molecule has 0 aliphatic carbocycles. The Balaban J connectivity index is 1.40. The number of hydrogen-bond acceptors (Lipinski definition) is 5.